The fourth-order valence-electron chi connectivity index (χ4n) is 2.55. The lowest BCUT2D eigenvalue weighted by molar-refractivity contribution is -0.140. The highest BCUT2D eigenvalue weighted by atomic mass is 35.5. The number of ether oxygens (including phenoxy) is 1. The lowest BCUT2D eigenvalue weighted by Gasteiger charge is -2.11. The molecule has 1 unspecified atom stereocenters. The van der Waals surface area contributed by atoms with Crippen molar-refractivity contribution in [2.24, 2.45) is 0 Å². The number of methoxy groups -OCH3 is 1. The topological polar surface area (TPSA) is 67.4 Å². The van der Waals surface area contributed by atoms with Crippen molar-refractivity contribution < 1.29 is 14.3 Å². The van der Waals surface area contributed by atoms with Crippen molar-refractivity contribution in [2.45, 2.75) is 37.5 Å². The maximum atomic E-state index is 12.0. The molecule has 0 bridgehead atoms. The summed E-state index contributed by atoms with van der Waals surface area (Å²) in [4.78, 5) is 23.1. The Morgan fingerprint density at radius 2 is 2.25 bits per heavy atom. The lowest BCUT2D eigenvalue weighted by Crippen LogP contribution is -2.27. The average Bonchev–Trinajstić information content (AvgIpc) is 3.04. The molecule has 2 N–H and O–H groups in total. The zero-order valence-electron chi connectivity index (χ0n) is 13.9. The first-order valence-electron chi connectivity index (χ1n) is 7.94. The fraction of sp³-hybridized carbons (Fsp3) is 0.529. The molecule has 1 aromatic carbocycles. The Hall–Kier alpha value is -1.24. The number of benzene rings is 1. The van der Waals surface area contributed by atoms with Crippen LogP contribution in [0.15, 0.2) is 24.3 Å². The molecule has 1 saturated heterocycles. The number of amides is 1. The van der Waals surface area contributed by atoms with Gasteiger partial charge in [-0.25, -0.2) is 0 Å². The maximum Gasteiger partial charge on any atom is 0.306 e. The number of nitrogens with one attached hydrogen (secondary N) is 2. The fourth-order valence-corrected chi connectivity index (χ4v) is 3.42. The number of hydrogen-bond acceptors (Lipinski definition) is 5. The normalized spacial score (nSPS) is 16.3. The summed E-state index contributed by atoms with van der Waals surface area (Å²) in [5, 5.41) is 6.30. The van der Waals surface area contributed by atoms with Crippen molar-refractivity contribution in [1.82, 2.24) is 5.32 Å². The number of thioether (sulfide) groups is 1. The molecule has 0 radical (unpaired) electrons. The van der Waals surface area contributed by atoms with Crippen LogP contribution in [-0.4, -0.2) is 37.3 Å². The minimum Gasteiger partial charge on any atom is -0.469 e. The third-order valence-corrected chi connectivity index (χ3v) is 4.78. The van der Waals surface area contributed by atoms with Crippen LogP contribution in [0.4, 0.5) is 5.69 Å². The van der Waals surface area contributed by atoms with Crippen molar-refractivity contribution in [1.29, 1.82) is 0 Å². The van der Waals surface area contributed by atoms with Gasteiger partial charge in [-0.3, -0.25) is 9.59 Å². The summed E-state index contributed by atoms with van der Waals surface area (Å²) in [5.41, 5.74) is 1.97. The van der Waals surface area contributed by atoms with Crippen LogP contribution in [-0.2, 0) is 20.1 Å². The van der Waals surface area contributed by atoms with Crippen molar-refractivity contribution in [3.8, 4) is 0 Å². The van der Waals surface area contributed by atoms with Gasteiger partial charge < -0.3 is 15.4 Å². The standard InChI is InChI=1S/C17H24N2O3S.ClH/c1-22-17(21)7-9-23-12-13-4-2-5-15(10-13)19-16(20)11-14-6-3-8-18-14;/h2,4-5,10,14,18H,3,6-9,11-12H2,1H3,(H,19,20);1H. The van der Waals surface area contributed by atoms with Crippen LogP contribution < -0.4 is 10.6 Å². The molecule has 2 rings (SSSR count). The molecular formula is C17H25ClN2O3S. The van der Waals surface area contributed by atoms with E-state index in [9.17, 15) is 9.59 Å². The van der Waals surface area contributed by atoms with Crippen LogP contribution in [0.5, 0.6) is 0 Å². The zero-order valence-corrected chi connectivity index (χ0v) is 15.5. The monoisotopic (exact) mass is 372 g/mol. The number of carbonyl (C=O) groups is 2. The second-order valence-corrected chi connectivity index (χ2v) is 6.73. The Morgan fingerprint density at radius 1 is 1.42 bits per heavy atom. The van der Waals surface area contributed by atoms with Gasteiger partial charge in [0, 0.05) is 29.7 Å². The summed E-state index contributed by atoms with van der Waals surface area (Å²) in [6, 6.07) is 8.18. The summed E-state index contributed by atoms with van der Waals surface area (Å²) in [6.45, 7) is 1.01. The Balaban J connectivity index is 0.00000288. The molecule has 0 aromatic heterocycles. The second kappa shape index (κ2) is 11.3. The van der Waals surface area contributed by atoms with Crippen molar-refractivity contribution in [3.05, 3.63) is 29.8 Å². The molecule has 1 aliphatic rings. The van der Waals surface area contributed by atoms with Crippen molar-refractivity contribution >= 4 is 41.7 Å². The van der Waals surface area contributed by atoms with E-state index in [0.717, 1.165) is 42.1 Å². The van der Waals surface area contributed by atoms with E-state index in [1.807, 2.05) is 24.3 Å². The first-order chi connectivity index (χ1) is 11.2. The molecule has 1 heterocycles. The minimum absolute atomic E-state index is 0. The van der Waals surface area contributed by atoms with E-state index in [0.29, 0.717) is 18.9 Å². The number of anilines is 1. The molecule has 0 spiro atoms. The van der Waals surface area contributed by atoms with E-state index in [4.69, 9.17) is 0 Å². The molecule has 1 aromatic rings. The van der Waals surface area contributed by atoms with Gasteiger partial charge in [0.2, 0.25) is 5.91 Å². The van der Waals surface area contributed by atoms with Gasteiger partial charge in [-0.2, -0.15) is 11.8 Å². The summed E-state index contributed by atoms with van der Waals surface area (Å²) in [7, 11) is 1.40. The first-order valence-corrected chi connectivity index (χ1v) is 9.09. The SMILES string of the molecule is COC(=O)CCSCc1cccc(NC(=O)CC2CCCN2)c1.Cl. The molecule has 7 heteroatoms. The first kappa shape index (κ1) is 20.8. The van der Waals surface area contributed by atoms with Crippen LogP contribution in [0.3, 0.4) is 0 Å². The average molecular weight is 373 g/mol. The number of esters is 1. The second-order valence-electron chi connectivity index (χ2n) is 5.62. The predicted octanol–water partition coefficient (Wildman–Crippen LogP) is 2.99. The quantitative estimate of drug-likeness (QED) is 0.542. The van der Waals surface area contributed by atoms with E-state index < -0.39 is 0 Å². The van der Waals surface area contributed by atoms with Gasteiger partial charge in [-0.15, -0.1) is 12.4 Å². The van der Waals surface area contributed by atoms with E-state index in [-0.39, 0.29) is 24.3 Å². The molecule has 1 amide bonds. The summed E-state index contributed by atoms with van der Waals surface area (Å²) >= 11 is 1.68. The zero-order chi connectivity index (χ0) is 16.5. The Bertz CT molecular complexity index is 536. The predicted molar refractivity (Wildman–Crippen MR) is 101 cm³/mol. The molecule has 1 fully saturated rings. The summed E-state index contributed by atoms with van der Waals surface area (Å²) < 4.78 is 4.61. The molecule has 134 valence electrons. The van der Waals surface area contributed by atoms with Gasteiger partial charge in [0.15, 0.2) is 0 Å². The van der Waals surface area contributed by atoms with Crippen LogP contribution in [0.2, 0.25) is 0 Å². The third kappa shape index (κ3) is 7.55. The smallest absolute Gasteiger partial charge is 0.306 e. The van der Waals surface area contributed by atoms with Crippen LogP contribution in [0.1, 0.15) is 31.2 Å². The van der Waals surface area contributed by atoms with E-state index in [1.54, 1.807) is 11.8 Å². The Morgan fingerprint density at radius 3 is 2.96 bits per heavy atom. The number of halogens is 1. The van der Waals surface area contributed by atoms with Crippen molar-refractivity contribution in [2.75, 3.05) is 24.7 Å². The molecular weight excluding hydrogens is 348 g/mol. The molecule has 5 nitrogen and oxygen atoms in total. The van der Waals surface area contributed by atoms with E-state index >= 15 is 0 Å². The Kier molecular flexibility index (Phi) is 9.83. The highest BCUT2D eigenvalue weighted by Crippen LogP contribution is 2.18. The summed E-state index contributed by atoms with van der Waals surface area (Å²) in [5.74, 6) is 1.42. The van der Waals surface area contributed by atoms with Gasteiger partial charge in [0.1, 0.15) is 0 Å². The minimum atomic E-state index is -0.181. The van der Waals surface area contributed by atoms with Crippen molar-refractivity contribution in [3.63, 3.8) is 0 Å². The largest absolute Gasteiger partial charge is 0.469 e. The number of hydrogen-bond donors (Lipinski definition) is 2. The molecule has 1 atom stereocenters. The molecule has 24 heavy (non-hydrogen) atoms. The van der Waals surface area contributed by atoms with Gasteiger partial charge in [-0.05, 0) is 37.1 Å². The molecule has 1 aliphatic heterocycles. The van der Waals surface area contributed by atoms with Crippen LogP contribution >= 0.6 is 24.2 Å². The van der Waals surface area contributed by atoms with Crippen LogP contribution in [0, 0.1) is 0 Å². The molecule has 0 saturated carbocycles. The van der Waals surface area contributed by atoms with Gasteiger partial charge in [-0.1, -0.05) is 12.1 Å². The van der Waals surface area contributed by atoms with E-state index in [2.05, 4.69) is 15.4 Å². The van der Waals surface area contributed by atoms with Gasteiger partial charge in [0.25, 0.3) is 0 Å². The Labute approximate surface area is 153 Å². The summed E-state index contributed by atoms with van der Waals surface area (Å²) in [6.07, 6.45) is 3.17. The lowest BCUT2D eigenvalue weighted by atomic mass is 10.1. The van der Waals surface area contributed by atoms with Gasteiger partial charge >= 0.3 is 5.97 Å². The van der Waals surface area contributed by atoms with Gasteiger partial charge in [0.05, 0.1) is 13.5 Å². The third-order valence-electron chi connectivity index (χ3n) is 3.75. The number of carbonyl (C=O) groups excluding carboxylic acids is 2. The molecule has 0 aliphatic carbocycles. The maximum absolute atomic E-state index is 12.0. The highest BCUT2D eigenvalue weighted by molar-refractivity contribution is 7.98. The number of rotatable bonds is 8. The highest BCUT2D eigenvalue weighted by Gasteiger charge is 2.17. The van der Waals surface area contributed by atoms with Crippen LogP contribution in [0.25, 0.3) is 0 Å². The van der Waals surface area contributed by atoms with E-state index in [1.165, 1.54) is 7.11 Å².